The molecule has 2 fully saturated rings. The molecule has 10 heteroatoms. The molecule has 2 heterocycles. The van der Waals surface area contributed by atoms with Gasteiger partial charge in [-0.05, 0) is 38.3 Å². The second-order valence-corrected chi connectivity index (χ2v) is 7.97. The molecular weight excluding hydrogens is 433 g/mol. The van der Waals surface area contributed by atoms with E-state index >= 15 is 0 Å². The van der Waals surface area contributed by atoms with Crippen LogP contribution in [0.5, 0.6) is 0 Å². The van der Waals surface area contributed by atoms with Crippen LogP contribution >= 0.6 is 12.4 Å². The van der Waals surface area contributed by atoms with Gasteiger partial charge in [0.25, 0.3) is 0 Å². The maximum Gasteiger partial charge on any atom is 0.418 e. The molecule has 0 aromatic heterocycles. The SMILES string of the molecule is CC(C(=O)N1CCCCC1)N1CCN(CC(=O)Nc2ccccc2C(F)(F)F)CC1.Cl. The van der Waals surface area contributed by atoms with Gasteiger partial charge in [0.1, 0.15) is 0 Å². The van der Waals surface area contributed by atoms with Crippen molar-refractivity contribution in [3.8, 4) is 0 Å². The van der Waals surface area contributed by atoms with E-state index < -0.39 is 17.6 Å². The molecule has 1 N–H and O–H groups in total. The van der Waals surface area contributed by atoms with Gasteiger partial charge in [-0.3, -0.25) is 19.4 Å². The fourth-order valence-corrected chi connectivity index (χ4v) is 4.08. The number of carbonyl (C=O) groups excluding carboxylic acids is 2. The number of nitrogens with one attached hydrogen (secondary N) is 1. The largest absolute Gasteiger partial charge is 0.418 e. The van der Waals surface area contributed by atoms with Gasteiger partial charge in [0.15, 0.2) is 0 Å². The highest BCUT2D eigenvalue weighted by molar-refractivity contribution is 5.93. The summed E-state index contributed by atoms with van der Waals surface area (Å²) in [5, 5.41) is 2.38. The maximum absolute atomic E-state index is 13.1. The third-order valence-electron chi connectivity index (χ3n) is 5.85. The Labute approximate surface area is 187 Å². The Balaban J connectivity index is 0.00000341. The number of hydrogen-bond acceptors (Lipinski definition) is 4. The Morgan fingerprint density at radius 2 is 1.61 bits per heavy atom. The number of carbonyl (C=O) groups is 2. The zero-order valence-electron chi connectivity index (χ0n) is 17.7. The molecular formula is C21H30ClF3N4O2. The standard InChI is InChI=1S/C21H29F3N4O2.ClH/c1-16(20(30)28-9-5-2-6-10-28)27-13-11-26(12-14-27)15-19(29)25-18-8-4-3-7-17(18)21(22,23)24;/h3-4,7-8,16H,2,5-6,9-15H2,1H3,(H,25,29);1H. The van der Waals surface area contributed by atoms with E-state index in [1.807, 2.05) is 16.7 Å². The Hall–Kier alpha value is -1.84. The fourth-order valence-electron chi connectivity index (χ4n) is 4.08. The number of piperidine rings is 1. The topological polar surface area (TPSA) is 55.9 Å². The van der Waals surface area contributed by atoms with Crippen LogP contribution in [-0.4, -0.2) is 78.4 Å². The molecule has 0 saturated carbocycles. The van der Waals surface area contributed by atoms with Crippen molar-refractivity contribution in [3.05, 3.63) is 29.8 Å². The van der Waals surface area contributed by atoms with Crippen molar-refractivity contribution in [1.82, 2.24) is 14.7 Å². The summed E-state index contributed by atoms with van der Waals surface area (Å²) >= 11 is 0. The van der Waals surface area contributed by atoms with Crippen molar-refractivity contribution >= 4 is 29.9 Å². The number of piperazine rings is 1. The number of nitrogens with zero attached hydrogens (tertiary/aromatic N) is 3. The van der Waals surface area contributed by atoms with Crippen molar-refractivity contribution in [2.75, 3.05) is 51.1 Å². The predicted octanol–water partition coefficient (Wildman–Crippen LogP) is 3.08. The van der Waals surface area contributed by atoms with Crippen LogP contribution in [0.2, 0.25) is 0 Å². The first-order valence-electron chi connectivity index (χ1n) is 10.5. The van der Waals surface area contributed by atoms with Gasteiger partial charge in [-0.25, -0.2) is 0 Å². The number of amides is 2. The van der Waals surface area contributed by atoms with Crippen molar-refractivity contribution < 1.29 is 22.8 Å². The van der Waals surface area contributed by atoms with Crippen molar-refractivity contribution in [2.24, 2.45) is 0 Å². The third kappa shape index (κ3) is 6.82. The number of hydrogen-bond donors (Lipinski definition) is 1. The average Bonchev–Trinajstić information content (AvgIpc) is 2.73. The fraction of sp³-hybridized carbons (Fsp3) is 0.619. The molecule has 2 aliphatic heterocycles. The lowest BCUT2D eigenvalue weighted by Crippen LogP contribution is -2.55. The van der Waals surface area contributed by atoms with Crippen LogP contribution in [0.4, 0.5) is 18.9 Å². The second-order valence-electron chi connectivity index (χ2n) is 7.97. The Morgan fingerprint density at radius 3 is 2.23 bits per heavy atom. The molecule has 0 bridgehead atoms. The van der Waals surface area contributed by atoms with Crippen molar-refractivity contribution in [1.29, 1.82) is 0 Å². The van der Waals surface area contributed by atoms with Gasteiger partial charge in [0.05, 0.1) is 23.8 Å². The third-order valence-corrected chi connectivity index (χ3v) is 5.85. The monoisotopic (exact) mass is 462 g/mol. The number of likely N-dealkylation sites (tertiary alicyclic amines) is 1. The smallest absolute Gasteiger partial charge is 0.341 e. The highest BCUT2D eigenvalue weighted by Crippen LogP contribution is 2.34. The van der Waals surface area contributed by atoms with Crippen LogP contribution in [0.15, 0.2) is 24.3 Å². The summed E-state index contributed by atoms with van der Waals surface area (Å²) in [6, 6.07) is 4.77. The molecule has 3 rings (SSSR count). The minimum Gasteiger partial charge on any atom is -0.341 e. The number of rotatable bonds is 5. The Bertz CT molecular complexity index is 748. The maximum atomic E-state index is 13.1. The van der Waals surface area contributed by atoms with E-state index in [1.54, 1.807) is 0 Å². The van der Waals surface area contributed by atoms with Gasteiger partial charge in [-0.1, -0.05) is 12.1 Å². The van der Waals surface area contributed by atoms with Gasteiger partial charge >= 0.3 is 6.18 Å². The molecule has 1 atom stereocenters. The number of anilines is 1. The van der Waals surface area contributed by atoms with Crippen LogP contribution in [0, 0.1) is 0 Å². The van der Waals surface area contributed by atoms with E-state index in [0.717, 1.165) is 32.0 Å². The lowest BCUT2D eigenvalue weighted by atomic mass is 10.1. The quantitative estimate of drug-likeness (QED) is 0.730. The molecule has 0 aliphatic carbocycles. The van der Waals surface area contributed by atoms with E-state index in [1.165, 1.54) is 24.6 Å². The zero-order chi connectivity index (χ0) is 21.7. The van der Waals surface area contributed by atoms with Crippen LogP contribution in [0.1, 0.15) is 31.7 Å². The summed E-state index contributed by atoms with van der Waals surface area (Å²) in [6.45, 7) is 6.06. The molecule has 6 nitrogen and oxygen atoms in total. The van der Waals surface area contributed by atoms with Gasteiger partial charge in [-0.2, -0.15) is 13.2 Å². The predicted molar refractivity (Wildman–Crippen MR) is 115 cm³/mol. The summed E-state index contributed by atoms with van der Waals surface area (Å²) in [7, 11) is 0. The van der Waals surface area contributed by atoms with Crippen molar-refractivity contribution in [3.63, 3.8) is 0 Å². The Kier molecular flexibility index (Phi) is 9.14. The minimum absolute atomic E-state index is 0. The molecule has 174 valence electrons. The van der Waals surface area contributed by atoms with Crippen molar-refractivity contribution in [2.45, 2.75) is 38.4 Å². The summed E-state index contributed by atoms with van der Waals surface area (Å²) in [6.07, 6.45) is -1.24. The van der Waals surface area contributed by atoms with E-state index in [-0.39, 0.29) is 36.6 Å². The molecule has 0 radical (unpaired) electrons. The van der Waals surface area contributed by atoms with E-state index in [0.29, 0.717) is 26.2 Å². The van der Waals surface area contributed by atoms with Crippen LogP contribution in [-0.2, 0) is 15.8 Å². The summed E-state index contributed by atoms with van der Waals surface area (Å²) in [5.74, 6) is -0.317. The Morgan fingerprint density at radius 1 is 1.00 bits per heavy atom. The van der Waals surface area contributed by atoms with Gasteiger partial charge in [-0.15, -0.1) is 12.4 Å². The summed E-state index contributed by atoms with van der Waals surface area (Å²) < 4.78 is 39.2. The summed E-state index contributed by atoms with van der Waals surface area (Å²) in [5.41, 5.74) is -1.08. The molecule has 2 amide bonds. The first-order valence-corrected chi connectivity index (χ1v) is 10.5. The lowest BCUT2D eigenvalue weighted by Gasteiger charge is -2.39. The number of alkyl halides is 3. The molecule has 31 heavy (non-hydrogen) atoms. The minimum atomic E-state index is -4.52. The van der Waals surface area contributed by atoms with Crippen LogP contribution < -0.4 is 5.32 Å². The average molecular weight is 463 g/mol. The molecule has 2 aliphatic rings. The van der Waals surface area contributed by atoms with E-state index in [4.69, 9.17) is 0 Å². The molecule has 2 saturated heterocycles. The van der Waals surface area contributed by atoms with Gasteiger partial charge < -0.3 is 10.2 Å². The lowest BCUT2D eigenvalue weighted by molar-refractivity contribution is -0.138. The molecule has 1 aromatic rings. The zero-order valence-corrected chi connectivity index (χ0v) is 18.5. The number of benzene rings is 1. The first kappa shape index (κ1) is 25.4. The molecule has 1 unspecified atom stereocenters. The number of halogens is 4. The second kappa shape index (κ2) is 11.2. The van der Waals surface area contributed by atoms with Gasteiger partial charge in [0.2, 0.25) is 11.8 Å². The first-order chi connectivity index (χ1) is 14.3. The van der Waals surface area contributed by atoms with Gasteiger partial charge in [0, 0.05) is 39.3 Å². The highest BCUT2D eigenvalue weighted by atomic mass is 35.5. The van der Waals surface area contributed by atoms with E-state index in [9.17, 15) is 22.8 Å². The van der Waals surface area contributed by atoms with E-state index in [2.05, 4.69) is 10.2 Å². The van der Waals surface area contributed by atoms with Crippen LogP contribution in [0.25, 0.3) is 0 Å². The molecule has 0 spiro atoms. The summed E-state index contributed by atoms with van der Waals surface area (Å²) in [4.78, 5) is 30.9. The normalized spacial score (nSPS) is 19.4. The number of para-hydroxylation sites is 1. The molecule has 1 aromatic carbocycles. The van der Waals surface area contributed by atoms with Crippen LogP contribution in [0.3, 0.4) is 0 Å². The highest BCUT2D eigenvalue weighted by Gasteiger charge is 2.34.